The molecule has 0 bridgehead atoms. The lowest BCUT2D eigenvalue weighted by Gasteiger charge is -2.22. The van der Waals surface area contributed by atoms with Crippen LogP contribution in [0.25, 0.3) is 10.8 Å². The average molecular weight is 356 g/mol. The van der Waals surface area contributed by atoms with E-state index in [4.69, 9.17) is 4.99 Å². The van der Waals surface area contributed by atoms with E-state index in [1.165, 1.54) is 44.2 Å². The van der Waals surface area contributed by atoms with E-state index in [0.29, 0.717) is 5.92 Å². The predicted molar refractivity (Wildman–Crippen MR) is 118 cm³/mol. The number of rotatable bonds is 2. The van der Waals surface area contributed by atoms with Crippen LogP contribution in [0.3, 0.4) is 0 Å². The molecule has 0 atom stereocenters. The summed E-state index contributed by atoms with van der Waals surface area (Å²) >= 11 is 0. The highest BCUT2D eigenvalue weighted by atomic mass is 14.8. The molecule has 1 aliphatic heterocycles. The Morgan fingerprint density at radius 2 is 1.52 bits per heavy atom. The van der Waals surface area contributed by atoms with Gasteiger partial charge in [0, 0.05) is 16.5 Å². The minimum atomic E-state index is 0.102. The number of nitrogens with zero attached hydrogens (tertiary/aromatic N) is 1. The van der Waals surface area contributed by atoms with Gasteiger partial charge in [-0.05, 0) is 66.0 Å². The highest BCUT2D eigenvalue weighted by molar-refractivity contribution is 6.27. The SMILES string of the molecule is Cc1cc(C)cc(C2=Nc3ccc(C(C)C)c4cc(C(C)(C)C)cc2c34)c1. The normalized spacial score (nSPS) is 13.6. The third-order valence-electron chi connectivity index (χ3n) is 5.60. The molecule has 0 unspecified atom stereocenters. The van der Waals surface area contributed by atoms with Crippen LogP contribution in [-0.2, 0) is 5.41 Å². The summed E-state index contributed by atoms with van der Waals surface area (Å²) < 4.78 is 0. The maximum atomic E-state index is 5.09. The largest absolute Gasteiger partial charge is 0.247 e. The van der Waals surface area contributed by atoms with Crippen LogP contribution >= 0.6 is 0 Å². The first-order chi connectivity index (χ1) is 12.6. The Bertz CT molecular complexity index is 1070. The van der Waals surface area contributed by atoms with Gasteiger partial charge in [0.2, 0.25) is 0 Å². The number of benzene rings is 3. The first-order valence-electron chi connectivity index (χ1n) is 9.94. The Labute approximate surface area is 163 Å². The van der Waals surface area contributed by atoms with Crippen molar-refractivity contribution in [2.24, 2.45) is 4.99 Å². The molecule has 27 heavy (non-hydrogen) atoms. The van der Waals surface area contributed by atoms with Crippen LogP contribution in [0, 0.1) is 13.8 Å². The Morgan fingerprint density at radius 3 is 2.11 bits per heavy atom. The maximum Gasteiger partial charge on any atom is 0.0789 e. The van der Waals surface area contributed by atoms with Crippen molar-refractivity contribution in [2.75, 3.05) is 0 Å². The van der Waals surface area contributed by atoms with Gasteiger partial charge in [0.15, 0.2) is 0 Å². The van der Waals surface area contributed by atoms with E-state index in [9.17, 15) is 0 Å². The fourth-order valence-corrected chi connectivity index (χ4v) is 4.22. The van der Waals surface area contributed by atoms with E-state index in [2.05, 4.69) is 90.9 Å². The minimum Gasteiger partial charge on any atom is -0.247 e. The Balaban J connectivity index is 2.06. The second-order valence-electron chi connectivity index (χ2n) is 9.36. The molecule has 0 aliphatic carbocycles. The summed E-state index contributed by atoms with van der Waals surface area (Å²) in [5, 5.41) is 2.69. The van der Waals surface area contributed by atoms with Gasteiger partial charge in [-0.2, -0.15) is 0 Å². The number of aryl methyl sites for hydroxylation is 2. The molecular weight excluding hydrogens is 326 g/mol. The fourth-order valence-electron chi connectivity index (χ4n) is 4.22. The zero-order valence-corrected chi connectivity index (χ0v) is 17.6. The van der Waals surface area contributed by atoms with Gasteiger partial charge < -0.3 is 0 Å². The number of hydrogen-bond acceptors (Lipinski definition) is 1. The molecule has 0 amide bonds. The molecule has 138 valence electrons. The van der Waals surface area contributed by atoms with Crippen LogP contribution in [-0.4, -0.2) is 5.71 Å². The van der Waals surface area contributed by atoms with Crippen molar-refractivity contribution in [1.82, 2.24) is 0 Å². The summed E-state index contributed by atoms with van der Waals surface area (Å²) in [5.41, 5.74) is 10.2. The molecule has 0 aromatic heterocycles. The van der Waals surface area contributed by atoms with Crippen molar-refractivity contribution in [3.8, 4) is 0 Å². The van der Waals surface area contributed by atoms with Gasteiger partial charge in [-0.25, -0.2) is 4.99 Å². The number of hydrogen-bond donors (Lipinski definition) is 0. The maximum absolute atomic E-state index is 5.09. The standard InChI is InChI=1S/C26H29N/c1-15(2)20-8-9-23-24-21(20)13-19(26(5,6)7)14-22(24)25(27-23)18-11-16(3)10-17(4)12-18/h8-15H,1-7H3. The van der Waals surface area contributed by atoms with Crippen LogP contribution in [0.4, 0.5) is 5.69 Å². The van der Waals surface area contributed by atoms with E-state index < -0.39 is 0 Å². The van der Waals surface area contributed by atoms with Crippen molar-refractivity contribution in [3.63, 3.8) is 0 Å². The third kappa shape index (κ3) is 3.00. The van der Waals surface area contributed by atoms with Crippen molar-refractivity contribution in [3.05, 3.63) is 75.8 Å². The summed E-state index contributed by atoms with van der Waals surface area (Å²) in [7, 11) is 0. The Hall–Kier alpha value is -2.41. The van der Waals surface area contributed by atoms with Crippen LogP contribution in [0.15, 0.2) is 47.5 Å². The summed E-state index contributed by atoms with van der Waals surface area (Å²) in [5.74, 6) is 0.493. The molecule has 0 N–H and O–H groups in total. The molecule has 0 radical (unpaired) electrons. The molecule has 0 fully saturated rings. The molecular formula is C26H29N. The molecule has 1 heteroatoms. The van der Waals surface area contributed by atoms with Crippen molar-refractivity contribution in [2.45, 2.75) is 59.8 Å². The highest BCUT2D eigenvalue weighted by Gasteiger charge is 2.25. The first kappa shape index (κ1) is 18.0. The fraction of sp³-hybridized carbons (Fsp3) is 0.346. The lowest BCUT2D eigenvalue weighted by atomic mass is 9.81. The van der Waals surface area contributed by atoms with Gasteiger partial charge in [0.05, 0.1) is 11.4 Å². The molecule has 0 spiro atoms. The summed E-state index contributed by atoms with van der Waals surface area (Å²) in [6.45, 7) is 15.8. The van der Waals surface area contributed by atoms with E-state index in [-0.39, 0.29) is 5.41 Å². The zero-order valence-electron chi connectivity index (χ0n) is 17.6. The topological polar surface area (TPSA) is 12.4 Å². The zero-order chi connectivity index (χ0) is 19.5. The predicted octanol–water partition coefficient (Wildman–Crippen LogP) is 7.36. The molecule has 1 aliphatic rings. The van der Waals surface area contributed by atoms with E-state index in [0.717, 1.165) is 11.4 Å². The molecule has 1 heterocycles. The van der Waals surface area contributed by atoms with Gasteiger partial charge in [-0.1, -0.05) is 63.9 Å². The van der Waals surface area contributed by atoms with Crippen molar-refractivity contribution < 1.29 is 0 Å². The first-order valence-corrected chi connectivity index (χ1v) is 9.94. The summed E-state index contributed by atoms with van der Waals surface area (Å²) in [4.78, 5) is 5.09. The summed E-state index contributed by atoms with van der Waals surface area (Å²) in [6.07, 6.45) is 0. The number of aliphatic imine (C=N–C) groups is 1. The van der Waals surface area contributed by atoms with Gasteiger partial charge in [-0.15, -0.1) is 0 Å². The van der Waals surface area contributed by atoms with Gasteiger partial charge >= 0.3 is 0 Å². The van der Waals surface area contributed by atoms with E-state index in [1.807, 2.05) is 0 Å². The average Bonchev–Trinajstić information content (AvgIpc) is 2.93. The third-order valence-corrected chi connectivity index (χ3v) is 5.60. The molecule has 3 aromatic rings. The van der Waals surface area contributed by atoms with E-state index in [1.54, 1.807) is 0 Å². The lowest BCUT2D eigenvalue weighted by molar-refractivity contribution is 0.591. The smallest absolute Gasteiger partial charge is 0.0789 e. The van der Waals surface area contributed by atoms with Crippen LogP contribution in [0.2, 0.25) is 0 Å². The van der Waals surface area contributed by atoms with Crippen LogP contribution < -0.4 is 0 Å². The molecule has 1 nitrogen and oxygen atoms in total. The second kappa shape index (κ2) is 6.05. The molecule has 4 rings (SSSR count). The van der Waals surface area contributed by atoms with Gasteiger partial charge in [0.25, 0.3) is 0 Å². The van der Waals surface area contributed by atoms with Gasteiger partial charge in [-0.3, -0.25) is 0 Å². The van der Waals surface area contributed by atoms with Crippen molar-refractivity contribution >= 4 is 22.2 Å². The summed E-state index contributed by atoms with van der Waals surface area (Å²) in [6, 6.07) is 16.0. The molecule has 0 saturated carbocycles. The molecule has 3 aromatic carbocycles. The van der Waals surface area contributed by atoms with Gasteiger partial charge in [0.1, 0.15) is 0 Å². The molecule has 0 saturated heterocycles. The van der Waals surface area contributed by atoms with Crippen LogP contribution in [0.1, 0.15) is 73.9 Å². The van der Waals surface area contributed by atoms with E-state index >= 15 is 0 Å². The monoisotopic (exact) mass is 355 g/mol. The van der Waals surface area contributed by atoms with Crippen molar-refractivity contribution in [1.29, 1.82) is 0 Å². The Morgan fingerprint density at radius 1 is 0.852 bits per heavy atom. The second-order valence-corrected chi connectivity index (χ2v) is 9.36. The Kier molecular flexibility index (Phi) is 4.03. The highest BCUT2D eigenvalue weighted by Crippen LogP contribution is 2.43. The minimum absolute atomic E-state index is 0.102. The van der Waals surface area contributed by atoms with Crippen LogP contribution in [0.5, 0.6) is 0 Å². The quantitative estimate of drug-likeness (QED) is 0.356. The lowest BCUT2D eigenvalue weighted by Crippen LogP contribution is -2.13.